The average Bonchev–Trinajstić information content (AvgIpc) is 2.35. The van der Waals surface area contributed by atoms with Gasteiger partial charge in [-0.25, -0.2) is 4.39 Å². The molecule has 3 heteroatoms. The van der Waals surface area contributed by atoms with Gasteiger partial charge in [0, 0.05) is 12.5 Å². The molecular formula is C14H20FNO. The molecule has 0 aromatic heterocycles. The Balaban J connectivity index is 2.35. The van der Waals surface area contributed by atoms with Crippen LogP contribution in [0.1, 0.15) is 38.7 Å². The Bertz CT molecular complexity index is 344. The summed E-state index contributed by atoms with van der Waals surface area (Å²) < 4.78 is 12.7. The number of carbonyl (C=O) groups is 1. The van der Waals surface area contributed by atoms with E-state index in [0.29, 0.717) is 12.8 Å². The molecule has 1 rings (SSSR count). The lowest BCUT2D eigenvalue weighted by molar-refractivity contribution is -0.121. The van der Waals surface area contributed by atoms with E-state index in [1.54, 1.807) is 12.1 Å². The maximum absolute atomic E-state index is 12.7. The first-order chi connectivity index (χ1) is 8.15. The maximum atomic E-state index is 12.7. The molecule has 0 spiro atoms. The van der Waals surface area contributed by atoms with Gasteiger partial charge in [0.25, 0.3) is 0 Å². The summed E-state index contributed by atoms with van der Waals surface area (Å²) in [4.78, 5) is 11.6. The quantitative estimate of drug-likeness (QED) is 0.809. The summed E-state index contributed by atoms with van der Waals surface area (Å²) in [5.41, 5.74) is 0.992. The highest BCUT2D eigenvalue weighted by molar-refractivity contribution is 5.76. The molecule has 0 atom stereocenters. The zero-order valence-electron chi connectivity index (χ0n) is 10.5. The van der Waals surface area contributed by atoms with Gasteiger partial charge in [0.05, 0.1) is 0 Å². The van der Waals surface area contributed by atoms with Crippen LogP contribution < -0.4 is 5.32 Å². The van der Waals surface area contributed by atoms with Crippen molar-refractivity contribution >= 4 is 5.91 Å². The minimum atomic E-state index is -0.241. The third-order valence-electron chi connectivity index (χ3n) is 2.90. The van der Waals surface area contributed by atoms with E-state index < -0.39 is 0 Å². The lowest BCUT2D eigenvalue weighted by Crippen LogP contribution is -2.33. The maximum Gasteiger partial charge on any atom is 0.220 e. The molecule has 0 aliphatic rings. The lowest BCUT2D eigenvalue weighted by Gasteiger charge is -2.14. The van der Waals surface area contributed by atoms with Crippen molar-refractivity contribution < 1.29 is 9.18 Å². The van der Waals surface area contributed by atoms with Crippen molar-refractivity contribution in [3.63, 3.8) is 0 Å². The Kier molecular flexibility index (Phi) is 5.67. The van der Waals surface area contributed by atoms with E-state index in [1.807, 2.05) is 0 Å². The van der Waals surface area contributed by atoms with Gasteiger partial charge in [0.1, 0.15) is 5.82 Å². The largest absolute Gasteiger partial charge is 0.353 e. The molecule has 1 aromatic rings. The molecule has 0 bridgehead atoms. The lowest BCUT2D eigenvalue weighted by atomic mass is 10.1. The summed E-state index contributed by atoms with van der Waals surface area (Å²) in [5.74, 6) is -0.168. The number of hydrogen-bond donors (Lipinski definition) is 1. The van der Waals surface area contributed by atoms with Crippen LogP contribution in [-0.4, -0.2) is 11.9 Å². The van der Waals surface area contributed by atoms with Crippen molar-refractivity contribution in [2.24, 2.45) is 0 Å². The van der Waals surface area contributed by atoms with Gasteiger partial charge in [-0.05, 0) is 37.0 Å². The van der Waals surface area contributed by atoms with Crippen LogP contribution in [0.15, 0.2) is 24.3 Å². The number of aryl methyl sites for hydroxylation is 1. The van der Waals surface area contributed by atoms with Crippen molar-refractivity contribution in [2.75, 3.05) is 0 Å². The van der Waals surface area contributed by atoms with Crippen LogP contribution in [0, 0.1) is 5.82 Å². The van der Waals surface area contributed by atoms with Crippen LogP contribution in [-0.2, 0) is 11.2 Å². The minimum absolute atomic E-state index is 0.0722. The highest BCUT2D eigenvalue weighted by Gasteiger charge is 2.08. The summed E-state index contributed by atoms with van der Waals surface area (Å²) in [7, 11) is 0. The molecule has 0 saturated heterocycles. The number of rotatable bonds is 6. The second kappa shape index (κ2) is 7.05. The van der Waals surface area contributed by atoms with Gasteiger partial charge in [0.2, 0.25) is 5.91 Å². The molecule has 0 radical (unpaired) electrons. The molecular weight excluding hydrogens is 217 g/mol. The molecule has 2 nitrogen and oxygen atoms in total. The van der Waals surface area contributed by atoms with Crippen LogP contribution in [0.3, 0.4) is 0 Å². The second-order valence-electron chi connectivity index (χ2n) is 4.21. The van der Waals surface area contributed by atoms with Crippen LogP contribution in [0.4, 0.5) is 4.39 Å². The fourth-order valence-corrected chi connectivity index (χ4v) is 1.70. The fourth-order valence-electron chi connectivity index (χ4n) is 1.70. The Morgan fingerprint density at radius 1 is 1.24 bits per heavy atom. The van der Waals surface area contributed by atoms with E-state index in [0.717, 1.165) is 18.4 Å². The predicted octanol–water partition coefficient (Wildman–Crippen LogP) is 3.06. The fraction of sp³-hybridized carbons (Fsp3) is 0.500. The van der Waals surface area contributed by atoms with Crippen molar-refractivity contribution in [1.82, 2.24) is 5.32 Å². The van der Waals surface area contributed by atoms with E-state index >= 15 is 0 Å². The van der Waals surface area contributed by atoms with Gasteiger partial charge in [0.15, 0.2) is 0 Å². The highest BCUT2D eigenvalue weighted by Crippen LogP contribution is 2.06. The van der Waals surface area contributed by atoms with Gasteiger partial charge in [-0.1, -0.05) is 26.0 Å². The van der Waals surface area contributed by atoms with E-state index in [9.17, 15) is 9.18 Å². The zero-order chi connectivity index (χ0) is 12.7. The molecule has 1 amide bonds. The number of hydrogen-bond acceptors (Lipinski definition) is 1. The van der Waals surface area contributed by atoms with Crippen molar-refractivity contribution in [2.45, 2.75) is 45.6 Å². The minimum Gasteiger partial charge on any atom is -0.353 e. The van der Waals surface area contributed by atoms with Gasteiger partial charge in [-0.3, -0.25) is 4.79 Å². The molecule has 1 aromatic carbocycles. The number of nitrogens with one attached hydrogen (secondary N) is 1. The molecule has 0 fully saturated rings. The third kappa shape index (κ3) is 4.98. The summed E-state index contributed by atoms with van der Waals surface area (Å²) in [6.45, 7) is 4.13. The van der Waals surface area contributed by atoms with Crippen LogP contribution in [0.25, 0.3) is 0 Å². The van der Waals surface area contributed by atoms with E-state index in [2.05, 4.69) is 19.2 Å². The molecule has 0 aliphatic carbocycles. The van der Waals surface area contributed by atoms with Crippen molar-refractivity contribution in [3.05, 3.63) is 35.6 Å². The van der Waals surface area contributed by atoms with Crippen molar-refractivity contribution in [1.29, 1.82) is 0 Å². The van der Waals surface area contributed by atoms with Gasteiger partial charge in [-0.2, -0.15) is 0 Å². The number of carbonyl (C=O) groups excluding carboxylic acids is 1. The summed E-state index contributed by atoms with van der Waals surface area (Å²) in [6, 6.07) is 6.57. The third-order valence-corrected chi connectivity index (χ3v) is 2.90. The average molecular weight is 237 g/mol. The first-order valence-electron chi connectivity index (χ1n) is 6.19. The van der Waals surface area contributed by atoms with Crippen molar-refractivity contribution in [3.8, 4) is 0 Å². The standard InChI is InChI=1S/C14H20FNO/c1-3-13(4-2)16-14(17)10-7-11-5-8-12(15)9-6-11/h5-6,8-9,13H,3-4,7,10H2,1-2H3,(H,16,17). The summed E-state index contributed by atoms with van der Waals surface area (Å²) in [5, 5.41) is 2.98. The first kappa shape index (κ1) is 13.7. The predicted molar refractivity (Wildman–Crippen MR) is 67.2 cm³/mol. The molecule has 0 aliphatic heterocycles. The van der Waals surface area contributed by atoms with E-state index in [-0.39, 0.29) is 17.8 Å². The SMILES string of the molecule is CCC(CC)NC(=O)CCc1ccc(F)cc1. The number of halogens is 1. The number of benzene rings is 1. The van der Waals surface area contributed by atoms with Gasteiger partial charge < -0.3 is 5.32 Å². The summed E-state index contributed by atoms with van der Waals surface area (Å²) in [6.07, 6.45) is 3.03. The molecule has 0 unspecified atom stereocenters. The normalized spacial score (nSPS) is 10.6. The Labute approximate surface area is 102 Å². The topological polar surface area (TPSA) is 29.1 Å². The molecule has 1 N–H and O–H groups in total. The molecule has 94 valence electrons. The van der Waals surface area contributed by atoms with Gasteiger partial charge >= 0.3 is 0 Å². The Morgan fingerprint density at radius 3 is 2.35 bits per heavy atom. The smallest absolute Gasteiger partial charge is 0.220 e. The van der Waals surface area contributed by atoms with Gasteiger partial charge in [-0.15, -0.1) is 0 Å². The Hall–Kier alpha value is -1.38. The van der Waals surface area contributed by atoms with Crippen LogP contribution >= 0.6 is 0 Å². The molecule has 0 saturated carbocycles. The first-order valence-corrected chi connectivity index (χ1v) is 6.19. The van der Waals surface area contributed by atoms with Crippen LogP contribution in [0.5, 0.6) is 0 Å². The monoisotopic (exact) mass is 237 g/mol. The summed E-state index contributed by atoms with van der Waals surface area (Å²) >= 11 is 0. The van der Waals surface area contributed by atoms with E-state index in [1.165, 1.54) is 12.1 Å². The zero-order valence-corrected chi connectivity index (χ0v) is 10.5. The molecule has 0 heterocycles. The molecule has 17 heavy (non-hydrogen) atoms. The highest BCUT2D eigenvalue weighted by atomic mass is 19.1. The van der Waals surface area contributed by atoms with Crippen LogP contribution in [0.2, 0.25) is 0 Å². The number of amides is 1. The Morgan fingerprint density at radius 2 is 1.82 bits per heavy atom. The van der Waals surface area contributed by atoms with E-state index in [4.69, 9.17) is 0 Å². The second-order valence-corrected chi connectivity index (χ2v) is 4.21.